The largest absolute Gasteiger partial charge is 0.508 e. The average molecular weight is 380 g/mol. The molecule has 0 aliphatic heterocycles. The molecular formula is C20H23ClFNO3. The minimum absolute atomic E-state index is 0.0478. The normalized spacial score (nSPS) is 10.9. The molecule has 140 valence electrons. The van der Waals surface area contributed by atoms with Gasteiger partial charge >= 0.3 is 0 Å². The van der Waals surface area contributed by atoms with Crippen molar-refractivity contribution in [2.45, 2.75) is 33.1 Å². The SMILES string of the molecule is CNC(=O)COc1cc(Cl)c(Cc2ccc(O)c(C(C)C)c2)c(C)c1F. The number of carbonyl (C=O) groups is 1. The molecule has 0 atom stereocenters. The van der Waals surface area contributed by atoms with Crippen LogP contribution in [0.2, 0.25) is 5.02 Å². The molecule has 0 saturated heterocycles. The predicted molar refractivity (Wildman–Crippen MR) is 101 cm³/mol. The third kappa shape index (κ3) is 4.47. The van der Waals surface area contributed by atoms with E-state index in [1.807, 2.05) is 19.9 Å². The molecule has 2 aromatic carbocycles. The number of ether oxygens (including phenoxy) is 1. The van der Waals surface area contributed by atoms with E-state index in [2.05, 4.69) is 5.32 Å². The van der Waals surface area contributed by atoms with Crippen molar-refractivity contribution in [3.8, 4) is 11.5 Å². The fourth-order valence-electron chi connectivity index (χ4n) is 2.68. The van der Waals surface area contributed by atoms with E-state index in [4.69, 9.17) is 16.3 Å². The smallest absolute Gasteiger partial charge is 0.257 e. The van der Waals surface area contributed by atoms with Gasteiger partial charge in [0, 0.05) is 18.1 Å². The lowest BCUT2D eigenvalue weighted by Gasteiger charge is -2.15. The van der Waals surface area contributed by atoms with Crippen LogP contribution in [0.25, 0.3) is 0 Å². The van der Waals surface area contributed by atoms with Crippen LogP contribution in [0.1, 0.15) is 42.0 Å². The highest BCUT2D eigenvalue weighted by Gasteiger charge is 2.17. The summed E-state index contributed by atoms with van der Waals surface area (Å²) in [5, 5.41) is 12.7. The van der Waals surface area contributed by atoms with Gasteiger partial charge in [-0.3, -0.25) is 4.79 Å². The maximum Gasteiger partial charge on any atom is 0.257 e. The number of likely N-dealkylation sites (N-methyl/N-ethyl adjacent to an activating group) is 1. The van der Waals surface area contributed by atoms with Crippen LogP contribution in [0.3, 0.4) is 0 Å². The maximum atomic E-state index is 14.6. The molecule has 2 N–H and O–H groups in total. The number of benzene rings is 2. The first-order valence-electron chi connectivity index (χ1n) is 8.37. The quantitative estimate of drug-likeness (QED) is 0.785. The van der Waals surface area contributed by atoms with E-state index >= 15 is 0 Å². The van der Waals surface area contributed by atoms with Crippen LogP contribution < -0.4 is 10.1 Å². The first kappa shape index (κ1) is 20.0. The highest BCUT2D eigenvalue weighted by atomic mass is 35.5. The Kier molecular flexibility index (Phi) is 6.48. The molecule has 0 aliphatic carbocycles. The van der Waals surface area contributed by atoms with Gasteiger partial charge < -0.3 is 15.2 Å². The van der Waals surface area contributed by atoms with Crippen LogP contribution in [0.5, 0.6) is 11.5 Å². The highest BCUT2D eigenvalue weighted by molar-refractivity contribution is 6.31. The van der Waals surface area contributed by atoms with E-state index in [0.717, 1.165) is 11.1 Å². The molecule has 2 aromatic rings. The van der Waals surface area contributed by atoms with Gasteiger partial charge in [-0.05, 0) is 47.6 Å². The lowest BCUT2D eigenvalue weighted by molar-refractivity contribution is -0.122. The zero-order valence-electron chi connectivity index (χ0n) is 15.3. The molecule has 0 aromatic heterocycles. The second-order valence-corrected chi connectivity index (χ2v) is 6.87. The monoisotopic (exact) mass is 379 g/mol. The Bertz CT molecular complexity index is 821. The van der Waals surface area contributed by atoms with Gasteiger partial charge in [-0.25, -0.2) is 4.39 Å². The van der Waals surface area contributed by atoms with Crippen LogP contribution in [0.4, 0.5) is 4.39 Å². The number of hydrogen-bond acceptors (Lipinski definition) is 3. The topological polar surface area (TPSA) is 58.6 Å². The van der Waals surface area contributed by atoms with Gasteiger partial charge in [-0.1, -0.05) is 37.6 Å². The summed E-state index contributed by atoms with van der Waals surface area (Å²) in [6.45, 7) is 5.34. The van der Waals surface area contributed by atoms with Crippen LogP contribution in [-0.4, -0.2) is 24.7 Å². The zero-order valence-corrected chi connectivity index (χ0v) is 16.1. The molecule has 0 spiro atoms. The molecule has 1 amide bonds. The van der Waals surface area contributed by atoms with E-state index in [-0.39, 0.29) is 29.9 Å². The summed E-state index contributed by atoms with van der Waals surface area (Å²) in [4.78, 5) is 11.3. The van der Waals surface area contributed by atoms with Gasteiger partial charge in [0.05, 0.1) is 0 Å². The second kappa shape index (κ2) is 8.41. The lowest BCUT2D eigenvalue weighted by Crippen LogP contribution is -2.25. The molecule has 0 unspecified atom stereocenters. The number of amides is 1. The molecule has 6 heteroatoms. The molecule has 0 fully saturated rings. The van der Waals surface area contributed by atoms with Gasteiger partial charge in [0.15, 0.2) is 18.2 Å². The fourth-order valence-corrected chi connectivity index (χ4v) is 2.99. The summed E-state index contributed by atoms with van der Waals surface area (Å²) < 4.78 is 19.8. The van der Waals surface area contributed by atoms with E-state index in [9.17, 15) is 14.3 Å². The standard InChI is InChI=1S/C20H23ClFNO3/c1-11(2)14-7-13(5-6-17(14)24)8-15-12(3)20(22)18(9-16(15)21)26-10-19(25)23-4/h5-7,9,11,24H,8,10H2,1-4H3,(H,23,25). The predicted octanol–water partition coefficient (Wildman–Crippen LogP) is 4.33. The second-order valence-electron chi connectivity index (χ2n) is 6.46. The number of nitrogens with one attached hydrogen (secondary N) is 1. The Morgan fingerprint density at radius 1 is 1.35 bits per heavy atom. The van der Waals surface area contributed by atoms with Crippen LogP contribution in [0, 0.1) is 12.7 Å². The average Bonchev–Trinajstić information content (AvgIpc) is 2.61. The number of halogens is 2. The fraction of sp³-hybridized carbons (Fsp3) is 0.350. The number of rotatable bonds is 6. The summed E-state index contributed by atoms with van der Waals surface area (Å²) in [6.07, 6.45) is 0.428. The Morgan fingerprint density at radius 2 is 2.04 bits per heavy atom. The van der Waals surface area contributed by atoms with Crippen molar-refractivity contribution in [3.63, 3.8) is 0 Å². The summed E-state index contributed by atoms with van der Waals surface area (Å²) >= 11 is 6.34. The number of aromatic hydroxyl groups is 1. The van der Waals surface area contributed by atoms with Crippen molar-refractivity contribution < 1.29 is 19.0 Å². The summed E-state index contributed by atoms with van der Waals surface area (Å²) in [5.41, 5.74) is 2.79. The lowest BCUT2D eigenvalue weighted by atomic mass is 9.95. The minimum Gasteiger partial charge on any atom is -0.508 e. The first-order valence-corrected chi connectivity index (χ1v) is 8.75. The minimum atomic E-state index is -0.531. The number of phenolic OH excluding ortho intramolecular Hbond substituents is 1. The van der Waals surface area contributed by atoms with Crippen molar-refractivity contribution >= 4 is 17.5 Å². The van der Waals surface area contributed by atoms with Gasteiger partial charge in [-0.15, -0.1) is 0 Å². The number of hydrogen-bond donors (Lipinski definition) is 2. The third-order valence-electron chi connectivity index (χ3n) is 4.28. The Hall–Kier alpha value is -2.27. The van der Waals surface area contributed by atoms with Gasteiger partial charge in [0.1, 0.15) is 5.75 Å². The Balaban J connectivity index is 2.32. The van der Waals surface area contributed by atoms with Crippen molar-refractivity contribution in [1.82, 2.24) is 5.32 Å². The van der Waals surface area contributed by atoms with Crippen LogP contribution in [-0.2, 0) is 11.2 Å². The number of phenols is 1. The summed E-state index contributed by atoms with van der Waals surface area (Å²) in [7, 11) is 1.48. The molecule has 0 saturated carbocycles. The third-order valence-corrected chi connectivity index (χ3v) is 4.61. The van der Waals surface area contributed by atoms with Crippen molar-refractivity contribution in [2.75, 3.05) is 13.7 Å². The molecule has 0 heterocycles. The Labute approximate surface area is 157 Å². The van der Waals surface area contributed by atoms with E-state index < -0.39 is 5.82 Å². The summed E-state index contributed by atoms with van der Waals surface area (Å²) in [5.74, 6) is -0.517. The number of carbonyl (C=O) groups excluding carboxylic acids is 1. The first-order chi connectivity index (χ1) is 12.2. The Morgan fingerprint density at radius 3 is 2.65 bits per heavy atom. The van der Waals surface area contributed by atoms with Gasteiger partial charge in [-0.2, -0.15) is 0 Å². The van der Waals surface area contributed by atoms with E-state index in [0.29, 0.717) is 22.6 Å². The molecule has 0 radical (unpaired) electrons. The van der Waals surface area contributed by atoms with E-state index in [1.165, 1.54) is 13.1 Å². The zero-order chi connectivity index (χ0) is 19.4. The van der Waals surface area contributed by atoms with Crippen molar-refractivity contribution in [2.24, 2.45) is 0 Å². The van der Waals surface area contributed by atoms with Gasteiger partial charge in [0.2, 0.25) is 0 Å². The van der Waals surface area contributed by atoms with Crippen LogP contribution >= 0.6 is 11.6 Å². The molecule has 26 heavy (non-hydrogen) atoms. The summed E-state index contributed by atoms with van der Waals surface area (Å²) in [6, 6.07) is 6.74. The molecule has 2 rings (SSSR count). The molecular weight excluding hydrogens is 357 g/mol. The van der Waals surface area contributed by atoms with Crippen LogP contribution in [0.15, 0.2) is 24.3 Å². The maximum absolute atomic E-state index is 14.6. The van der Waals surface area contributed by atoms with Crippen molar-refractivity contribution in [1.29, 1.82) is 0 Å². The molecule has 0 aliphatic rings. The molecule has 4 nitrogen and oxygen atoms in total. The molecule has 0 bridgehead atoms. The van der Waals surface area contributed by atoms with E-state index in [1.54, 1.807) is 19.1 Å². The van der Waals surface area contributed by atoms with Gasteiger partial charge in [0.25, 0.3) is 5.91 Å². The highest BCUT2D eigenvalue weighted by Crippen LogP contribution is 2.33. The van der Waals surface area contributed by atoms with Crippen molar-refractivity contribution in [3.05, 3.63) is 57.4 Å².